The van der Waals surface area contributed by atoms with E-state index < -0.39 is 18.2 Å². The zero-order chi connectivity index (χ0) is 9.00. The molecule has 0 heterocycles. The average molecular weight is 207 g/mol. The normalized spacial score (nSPS) is 10.6. The van der Waals surface area contributed by atoms with Crippen LogP contribution in [0, 0.1) is 0 Å². The molecule has 11 heavy (non-hydrogen) atoms. The highest BCUT2D eigenvalue weighted by Crippen LogP contribution is 2.25. The highest BCUT2D eigenvalue weighted by molar-refractivity contribution is 7.79. The van der Waals surface area contributed by atoms with Crippen LogP contribution in [0.5, 0.6) is 0 Å². The average Bonchev–Trinajstić information content (AvgIpc) is 1.12. The largest absolute Gasteiger partial charge is 0.466 e. The van der Waals surface area contributed by atoms with Crippen molar-refractivity contribution >= 4 is 26.6 Å². The summed E-state index contributed by atoms with van der Waals surface area (Å²) in [6, 6.07) is 0. The summed E-state index contributed by atoms with van der Waals surface area (Å²) in [7, 11) is -9.31. The van der Waals surface area contributed by atoms with Gasteiger partial charge >= 0.3 is 18.2 Å². The molecule has 0 aliphatic rings. The van der Waals surface area contributed by atoms with Crippen LogP contribution in [0.25, 0.3) is 0 Å². The fourth-order valence-electron chi connectivity index (χ4n) is 0. The van der Waals surface area contributed by atoms with Crippen LogP contribution in [-0.4, -0.2) is 40.6 Å². The third kappa shape index (κ3) is 322000. The van der Waals surface area contributed by atoms with Crippen molar-refractivity contribution in [3.8, 4) is 0 Å². The van der Waals surface area contributed by atoms with Crippen LogP contribution in [0.2, 0.25) is 0 Å². The zero-order valence-corrected chi connectivity index (χ0v) is 6.60. The Kier molecular flexibility index (Phi) is 8.87. The molecular formula is H5BO8PS. The van der Waals surface area contributed by atoms with E-state index in [2.05, 4.69) is 0 Å². The molecule has 0 spiro atoms. The molecule has 0 aromatic rings. The van der Waals surface area contributed by atoms with Gasteiger partial charge in [-0.15, -0.1) is 0 Å². The SMILES string of the molecule is O=P(O)(O)O.O=S(=O)(O)O.[B]. The maximum absolute atomic E-state index is 8.88. The Hall–Kier alpha value is 0.0449. The molecule has 0 saturated heterocycles. The summed E-state index contributed by atoms with van der Waals surface area (Å²) in [5.41, 5.74) is 0. The van der Waals surface area contributed by atoms with E-state index in [1.807, 2.05) is 0 Å². The lowest BCUT2D eigenvalue weighted by Crippen LogP contribution is -1.89. The molecule has 0 fully saturated rings. The Bertz CT molecular complexity index is 192. The van der Waals surface area contributed by atoms with E-state index >= 15 is 0 Å². The first-order valence-electron chi connectivity index (χ1n) is 1.48. The maximum Gasteiger partial charge on any atom is 0.466 e. The van der Waals surface area contributed by atoms with Gasteiger partial charge in [-0.1, -0.05) is 0 Å². The molecule has 5 N–H and O–H groups in total. The molecule has 0 bridgehead atoms. The molecular weight excluding hydrogens is 202 g/mol. The summed E-state index contributed by atoms with van der Waals surface area (Å²) in [6.45, 7) is 0. The summed E-state index contributed by atoms with van der Waals surface area (Å²) < 4.78 is 40.5. The number of hydrogen-bond donors (Lipinski definition) is 5. The predicted molar refractivity (Wildman–Crippen MR) is 34.2 cm³/mol. The van der Waals surface area contributed by atoms with Gasteiger partial charge in [-0.25, -0.2) is 4.57 Å². The Morgan fingerprint density at radius 2 is 1.00 bits per heavy atom. The first-order chi connectivity index (χ1) is 4.00. The standard InChI is InChI=1S/B.H3O4P.H2O4S/c;2*1-5(2,3)4/h;(H3,1,2,3,4);(H2,1,2,3,4). The summed E-state index contributed by atoms with van der Waals surface area (Å²) in [5, 5.41) is 0. The smallest absolute Gasteiger partial charge is 0.303 e. The minimum atomic E-state index is -4.67. The second kappa shape index (κ2) is 5.66. The minimum absolute atomic E-state index is 0. The van der Waals surface area contributed by atoms with Gasteiger partial charge in [-0.3, -0.25) is 9.11 Å². The van der Waals surface area contributed by atoms with Crippen LogP contribution in [0.15, 0.2) is 0 Å². The zero-order valence-electron chi connectivity index (χ0n) is 4.89. The van der Waals surface area contributed by atoms with E-state index in [-0.39, 0.29) is 8.41 Å². The van der Waals surface area contributed by atoms with Crippen molar-refractivity contribution in [2.75, 3.05) is 0 Å². The van der Waals surface area contributed by atoms with Crippen LogP contribution in [0.4, 0.5) is 0 Å². The Morgan fingerprint density at radius 1 is 1.00 bits per heavy atom. The van der Waals surface area contributed by atoms with Crippen LogP contribution in [0.3, 0.4) is 0 Å². The van der Waals surface area contributed by atoms with Crippen LogP contribution < -0.4 is 0 Å². The lowest BCUT2D eigenvalue weighted by Gasteiger charge is -1.82. The van der Waals surface area contributed by atoms with Gasteiger partial charge in [-0.2, -0.15) is 8.42 Å². The van der Waals surface area contributed by atoms with Crippen LogP contribution in [-0.2, 0) is 15.0 Å². The third-order valence-electron chi connectivity index (χ3n) is 0. The van der Waals surface area contributed by atoms with Gasteiger partial charge < -0.3 is 14.7 Å². The van der Waals surface area contributed by atoms with Crippen molar-refractivity contribution in [3.63, 3.8) is 0 Å². The molecule has 0 unspecified atom stereocenters. The fourth-order valence-corrected chi connectivity index (χ4v) is 0. The molecule has 8 nitrogen and oxygen atoms in total. The lowest BCUT2D eigenvalue weighted by molar-refractivity contribution is 0.275. The van der Waals surface area contributed by atoms with Gasteiger partial charge in [0.1, 0.15) is 0 Å². The summed E-state index contributed by atoms with van der Waals surface area (Å²) in [6.07, 6.45) is 0. The maximum atomic E-state index is 8.88. The molecule has 0 aromatic heterocycles. The highest BCUT2D eigenvalue weighted by atomic mass is 32.3. The summed E-state index contributed by atoms with van der Waals surface area (Å²) >= 11 is 0. The van der Waals surface area contributed by atoms with Gasteiger partial charge in [0.05, 0.1) is 0 Å². The molecule has 0 aliphatic heterocycles. The predicted octanol–water partition coefficient (Wildman–Crippen LogP) is -1.96. The van der Waals surface area contributed by atoms with Crippen molar-refractivity contribution in [3.05, 3.63) is 0 Å². The fraction of sp³-hybridized carbons (Fsp3) is 0. The Labute approximate surface area is 64.3 Å². The van der Waals surface area contributed by atoms with Crippen molar-refractivity contribution in [1.82, 2.24) is 0 Å². The van der Waals surface area contributed by atoms with Gasteiger partial charge in [0.2, 0.25) is 0 Å². The quantitative estimate of drug-likeness (QED) is 0.174. The summed E-state index contributed by atoms with van der Waals surface area (Å²) in [4.78, 5) is 21.6. The molecule has 0 amide bonds. The molecule has 0 atom stereocenters. The van der Waals surface area contributed by atoms with Gasteiger partial charge in [-0.05, 0) is 0 Å². The van der Waals surface area contributed by atoms with E-state index in [1.54, 1.807) is 0 Å². The third-order valence-corrected chi connectivity index (χ3v) is 0. The topological polar surface area (TPSA) is 152 Å². The highest BCUT2D eigenvalue weighted by Gasteiger charge is 2.00. The summed E-state index contributed by atoms with van der Waals surface area (Å²) in [5.74, 6) is 0. The number of hydrogen-bond acceptors (Lipinski definition) is 3. The van der Waals surface area contributed by atoms with E-state index in [0.29, 0.717) is 0 Å². The van der Waals surface area contributed by atoms with Crippen LogP contribution in [0.1, 0.15) is 0 Å². The minimum Gasteiger partial charge on any atom is -0.303 e. The van der Waals surface area contributed by atoms with Gasteiger partial charge in [0.25, 0.3) is 0 Å². The first-order valence-corrected chi connectivity index (χ1v) is 4.44. The lowest BCUT2D eigenvalue weighted by atomic mass is 10.8. The van der Waals surface area contributed by atoms with Crippen molar-refractivity contribution < 1.29 is 36.8 Å². The Morgan fingerprint density at radius 3 is 1.00 bits per heavy atom. The second-order valence-electron chi connectivity index (χ2n) is 0.961. The van der Waals surface area contributed by atoms with Crippen molar-refractivity contribution in [2.24, 2.45) is 0 Å². The van der Waals surface area contributed by atoms with E-state index in [9.17, 15) is 0 Å². The molecule has 67 valence electrons. The molecule has 3 radical (unpaired) electrons. The molecule has 0 saturated carbocycles. The molecule has 0 rings (SSSR count). The monoisotopic (exact) mass is 207 g/mol. The number of phosphoric acid groups is 1. The second-order valence-corrected chi connectivity index (χ2v) is 2.88. The Balaban J connectivity index is -0.000000107. The number of rotatable bonds is 0. The van der Waals surface area contributed by atoms with Gasteiger partial charge in [0, 0.05) is 8.41 Å². The van der Waals surface area contributed by atoms with Crippen molar-refractivity contribution in [2.45, 2.75) is 0 Å². The van der Waals surface area contributed by atoms with E-state index in [0.717, 1.165) is 0 Å². The molecule has 0 aromatic carbocycles. The van der Waals surface area contributed by atoms with Crippen molar-refractivity contribution in [1.29, 1.82) is 0 Å². The first kappa shape index (κ1) is 17.2. The van der Waals surface area contributed by atoms with Gasteiger partial charge in [0.15, 0.2) is 0 Å². The van der Waals surface area contributed by atoms with Crippen LogP contribution >= 0.6 is 7.82 Å². The molecule has 0 aliphatic carbocycles. The van der Waals surface area contributed by atoms with E-state index in [4.69, 9.17) is 36.8 Å². The molecule has 11 heteroatoms. The van der Waals surface area contributed by atoms with E-state index in [1.165, 1.54) is 0 Å².